The third kappa shape index (κ3) is 4.14. The molecule has 3 rings (SSSR count). The van der Waals surface area contributed by atoms with E-state index in [1.807, 2.05) is 18.7 Å². The number of fused-ring (bicyclic) bond motifs is 1. The lowest BCUT2D eigenvalue weighted by Gasteiger charge is -2.31. The van der Waals surface area contributed by atoms with Crippen LogP contribution in [0.1, 0.15) is 39.2 Å². The highest BCUT2D eigenvalue weighted by Gasteiger charge is 2.36. The lowest BCUT2D eigenvalue weighted by molar-refractivity contribution is -0.138. The van der Waals surface area contributed by atoms with Crippen LogP contribution in [0.25, 0.3) is 11.0 Å². The molecule has 1 aliphatic rings. The van der Waals surface area contributed by atoms with E-state index in [-0.39, 0.29) is 29.5 Å². The van der Waals surface area contributed by atoms with Crippen LogP contribution >= 0.6 is 0 Å². The standard InChI is InChI=1S/C21H29N3O4/c1-12(2)19(23-20(26)13(3)22)21(27)24-8-4-5-15(24)9-14-11-28-18-7-6-16(25)10-17(14)18/h6-7,10-13,15,19,25H,4-5,8-9,22H2,1-3H3,(H,23,26). The summed E-state index contributed by atoms with van der Waals surface area (Å²) in [5.74, 6) is -0.239. The van der Waals surface area contributed by atoms with Gasteiger partial charge in [0.15, 0.2) is 0 Å². The van der Waals surface area contributed by atoms with Gasteiger partial charge in [-0.3, -0.25) is 9.59 Å². The molecule has 1 fully saturated rings. The number of aromatic hydroxyl groups is 1. The molecule has 4 N–H and O–H groups in total. The summed E-state index contributed by atoms with van der Waals surface area (Å²) in [7, 11) is 0. The number of furan rings is 1. The Morgan fingerprint density at radius 2 is 2.11 bits per heavy atom. The number of carbonyl (C=O) groups excluding carboxylic acids is 2. The number of phenols is 1. The second-order valence-corrected chi connectivity index (χ2v) is 7.99. The van der Waals surface area contributed by atoms with E-state index in [1.165, 1.54) is 0 Å². The third-order valence-electron chi connectivity index (χ3n) is 5.40. The molecular formula is C21H29N3O4. The molecule has 1 aliphatic heterocycles. The topological polar surface area (TPSA) is 109 Å². The first-order chi connectivity index (χ1) is 13.3. The van der Waals surface area contributed by atoms with Crippen molar-refractivity contribution in [3.8, 4) is 5.75 Å². The van der Waals surface area contributed by atoms with Crippen molar-refractivity contribution in [2.45, 2.75) is 58.2 Å². The Balaban J connectivity index is 1.78. The zero-order valence-electron chi connectivity index (χ0n) is 16.6. The van der Waals surface area contributed by atoms with E-state index in [4.69, 9.17) is 10.2 Å². The van der Waals surface area contributed by atoms with E-state index >= 15 is 0 Å². The van der Waals surface area contributed by atoms with Crippen LogP contribution in [-0.4, -0.2) is 46.5 Å². The maximum atomic E-state index is 13.2. The Labute approximate surface area is 164 Å². The summed E-state index contributed by atoms with van der Waals surface area (Å²) >= 11 is 0. The second kappa shape index (κ2) is 8.22. The highest BCUT2D eigenvalue weighted by Crippen LogP contribution is 2.30. The molecule has 0 radical (unpaired) electrons. The Hall–Kier alpha value is -2.54. The first kappa shape index (κ1) is 20.2. The molecule has 7 nitrogen and oxygen atoms in total. The number of nitrogens with zero attached hydrogens (tertiary/aromatic N) is 1. The van der Waals surface area contributed by atoms with Gasteiger partial charge < -0.3 is 25.5 Å². The number of likely N-dealkylation sites (tertiary alicyclic amines) is 1. The number of hydrogen-bond acceptors (Lipinski definition) is 5. The van der Waals surface area contributed by atoms with Gasteiger partial charge in [-0.25, -0.2) is 0 Å². The molecule has 2 amide bonds. The monoisotopic (exact) mass is 387 g/mol. The van der Waals surface area contributed by atoms with Crippen LogP contribution in [0.3, 0.4) is 0 Å². The molecule has 0 spiro atoms. The molecule has 2 heterocycles. The second-order valence-electron chi connectivity index (χ2n) is 7.99. The van der Waals surface area contributed by atoms with E-state index in [0.717, 1.165) is 23.8 Å². The van der Waals surface area contributed by atoms with Crippen LogP contribution in [0.4, 0.5) is 0 Å². The first-order valence-electron chi connectivity index (χ1n) is 9.83. The molecule has 0 bridgehead atoms. The maximum absolute atomic E-state index is 13.2. The van der Waals surface area contributed by atoms with Gasteiger partial charge in [0.2, 0.25) is 11.8 Å². The van der Waals surface area contributed by atoms with Gasteiger partial charge in [0.1, 0.15) is 17.4 Å². The fourth-order valence-corrected chi connectivity index (χ4v) is 3.80. The van der Waals surface area contributed by atoms with Crippen molar-refractivity contribution >= 4 is 22.8 Å². The molecule has 0 aliphatic carbocycles. The van der Waals surface area contributed by atoms with Crippen molar-refractivity contribution in [1.29, 1.82) is 0 Å². The number of nitrogens with two attached hydrogens (primary N) is 1. The highest BCUT2D eigenvalue weighted by molar-refractivity contribution is 5.90. The largest absolute Gasteiger partial charge is 0.508 e. The van der Waals surface area contributed by atoms with Gasteiger partial charge >= 0.3 is 0 Å². The van der Waals surface area contributed by atoms with Crippen molar-refractivity contribution in [3.05, 3.63) is 30.0 Å². The van der Waals surface area contributed by atoms with Crippen molar-refractivity contribution < 1.29 is 19.1 Å². The highest BCUT2D eigenvalue weighted by atomic mass is 16.3. The van der Waals surface area contributed by atoms with Crippen LogP contribution in [0.5, 0.6) is 5.75 Å². The predicted molar refractivity (Wildman–Crippen MR) is 107 cm³/mol. The summed E-state index contributed by atoms with van der Waals surface area (Å²) in [5, 5.41) is 13.4. The summed E-state index contributed by atoms with van der Waals surface area (Å²) in [6.45, 7) is 6.11. The molecule has 2 aromatic rings. The van der Waals surface area contributed by atoms with Crippen LogP contribution in [-0.2, 0) is 16.0 Å². The summed E-state index contributed by atoms with van der Waals surface area (Å²) in [4.78, 5) is 27.1. The molecule has 3 atom stereocenters. The molecule has 7 heteroatoms. The maximum Gasteiger partial charge on any atom is 0.245 e. The van der Waals surface area contributed by atoms with Crippen molar-refractivity contribution in [2.24, 2.45) is 11.7 Å². The smallest absolute Gasteiger partial charge is 0.245 e. The lowest BCUT2D eigenvalue weighted by Crippen LogP contribution is -2.55. The number of nitrogens with one attached hydrogen (secondary N) is 1. The third-order valence-corrected chi connectivity index (χ3v) is 5.40. The molecule has 3 unspecified atom stereocenters. The number of phenolic OH excluding ortho intramolecular Hbond substituents is 1. The summed E-state index contributed by atoms with van der Waals surface area (Å²) in [6.07, 6.45) is 4.16. The van der Waals surface area contributed by atoms with Crippen LogP contribution in [0.2, 0.25) is 0 Å². The molecule has 28 heavy (non-hydrogen) atoms. The van der Waals surface area contributed by atoms with Crippen molar-refractivity contribution in [1.82, 2.24) is 10.2 Å². The van der Waals surface area contributed by atoms with E-state index in [0.29, 0.717) is 18.5 Å². The molecule has 1 saturated heterocycles. The minimum absolute atomic E-state index is 0.0316. The van der Waals surface area contributed by atoms with E-state index < -0.39 is 12.1 Å². The lowest BCUT2D eigenvalue weighted by atomic mass is 9.99. The van der Waals surface area contributed by atoms with Crippen LogP contribution < -0.4 is 11.1 Å². The van der Waals surface area contributed by atoms with Gasteiger partial charge in [0, 0.05) is 23.5 Å². The van der Waals surface area contributed by atoms with Gasteiger partial charge in [-0.2, -0.15) is 0 Å². The average Bonchev–Trinajstić information content (AvgIpc) is 3.26. The zero-order valence-corrected chi connectivity index (χ0v) is 16.6. The van der Waals surface area contributed by atoms with E-state index in [9.17, 15) is 14.7 Å². The quantitative estimate of drug-likeness (QED) is 0.704. The Morgan fingerprint density at radius 1 is 1.36 bits per heavy atom. The van der Waals surface area contributed by atoms with Gasteiger partial charge in [0.25, 0.3) is 0 Å². The van der Waals surface area contributed by atoms with Gasteiger partial charge in [-0.1, -0.05) is 13.8 Å². The predicted octanol–water partition coefficient (Wildman–Crippen LogP) is 2.16. The summed E-state index contributed by atoms with van der Waals surface area (Å²) in [6, 6.07) is 3.80. The zero-order chi connectivity index (χ0) is 20.4. The molecular weight excluding hydrogens is 358 g/mol. The molecule has 152 valence electrons. The van der Waals surface area contributed by atoms with E-state index in [2.05, 4.69) is 5.32 Å². The Morgan fingerprint density at radius 3 is 2.79 bits per heavy atom. The van der Waals surface area contributed by atoms with Gasteiger partial charge in [-0.05, 0) is 50.3 Å². The van der Waals surface area contributed by atoms with Crippen molar-refractivity contribution in [2.75, 3.05) is 6.54 Å². The number of benzene rings is 1. The molecule has 1 aromatic carbocycles. The molecule has 0 saturated carbocycles. The minimum atomic E-state index is -0.659. The number of amides is 2. The number of rotatable bonds is 6. The Bertz CT molecular complexity index is 858. The number of hydrogen-bond donors (Lipinski definition) is 3. The van der Waals surface area contributed by atoms with Crippen LogP contribution in [0.15, 0.2) is 28.9 Å². The van der Waals surface area contributed by atoms with Gasteiger partial charge in [0.05, 0.1) is 12.3 Å². The normalized spacial score (nSPS) is 19.2. The SMILES string of the molecule is CC(N)C(=O)NC(C(=O)N1CCCC1Cc1coc2ccc(O)cc12)C(C)C. The van der Waals surface area contributed by atoms with E-state index in [1.54, 1.807) is 31.4 Å². The minimum Gasteiger partial charge on any atom is -0.508 e. The Kier molecular flexibility index (Phi) is 5.93. The number of carbonyl (C=O) groups is 2. The first-order valence-corrected chi connectivity index (χ1v) is 9.83. The summed E-state index contributed by atoms with van der Waals surface area (Å²) in [5.41, 5.74) is 7.34. The van der Waals surface area contributed by atoms with Crippen LogP contribution in [0, 0.1) is 5.92 Å². The average molecular weight is 387 g/mol. The molecule has 1 aromatic heterocycles. The fourth-order valence-electron chi connectivity index (χ4n) is 3.80. The van der Waals surface area contributed by atoms with Gasteiger partial charge in [-0.15, -0.1) is 0 Å². The summed E-state index contributed by atoms with van der Waals surface area (Å²) < 4.78 is 5.59. The fraction of sp³-hybridized carbons (Fsp3) is 0.524. The van der Waals surface area contributed by atoms with Crippen molar-refractivity contribution in [3.63, 3.8) is 0 Å².